The van der Waals surface area contributed by atoms with Crippen LogP contribution in [0.5, 0.6) is 0 Å². The van der Waals surface area contributed by atoms with Crippen molar-refractivity contribution in [2.45, 2.75) is 13.0 Å². The molecule has 1 heterocycles. The molecule has 4 nitrogen and oxygen atoms in total. The molecule has 1 aromatic heterocycles. The summed E-state index contributed by atoms with van der Waals surface area (Å²) >= 11 is 6.71. The second-order valence-electron chi connectivity index (χ2n) is 4.24. The number of pyridine rings is 1. The van der Waals surface area contributed by atoms with Gasteiger partial charge in [0.1, 0.15) is 0 Å². The zero-order valence-electron chi connectivity index (χ0n) is 11.3. The monoisotopic (exact) mass is 412 g/mol. The van der Waals surface area contributed by atoms with Gasteiger partial charge in [-0.25, -0.2) is 4.79 Å². The van der Waals surface area contributed by atoms with E-state index in [1.165, 1.54) is 0 Å². The third-order valence-electron chi connectivity index (χ3n) is 2.72. The fourth-order valence-electron chi connectivity index (χ4n) is 1.75. The lowest BCUT2D eigenvalue weighted by molar-refractivity contribution is -0.144. The number of hydrogen-bond donors (Lipinski definition) is 1. The van der Waals surface area contributed by atoms with Crippen LogP contribution in [0, 0.1) is 0 Å². The predicted octanol–water partition coefficient (Wildman–Crippen LogP) is 4.32. The van der Waals surface area contributed by atoms with E-state index in [1.807, 2.05) is 30.3 Å². The number of nitrogens with one attached hydrogen (secondary N) is 1. The van der Waals surface area contributed by atoms with Crippen LogP contribution < -0.4 is 5.32 Å². The quantitative estimate of drug-likeness (QED) is 0.741. The number of ether oxygens (including phenoxy) is 1. The topological polar surface area (TPSA) is 51.2 Å². The van der Waals surface area contributed by atoms with E-state index in [-0.39, 0.29) is 5.97 Å². The fraction of sp³-hybridized carbons (Fsp3) is 0.200. The van der Waals surface area contributed by atoms with Crippen molar-refractivity contribution in [2.24, 2.45) is 0 Å². The summed E-state index contributed by atoms with van der Waals surface area (Å²) in [6, 6.07) is 10.6. The van der Waals surface area contributed by atoms with E-state index in [9.17, 15) is 4.79 Å². The number of aromatic nitrogens is 1. The van der Waals surface area contributed by atoms with Crippen molar-refractivity contribution in [1.82, 2.24) is 4.98 Å². The number of esters is 1. The number of anilines is 1. The molecule has 0 radical (unpaired) electrons. The van der Waals surface area contributed by atoms with Crippen molar-refractivity contribution in [3.63, 3.8) is 0 Å². The molecule has 110 valence electrons. The van der Waals surface area contributed by atoms with Crippen LogP contribution in [0.25, 0.3) is 0 Å². The highest BCUT2D eigenvalue weighted by atomic mass is 79.9. The van der Waals surface area contributed by atoms with Crippen molar-refractivity contribution in [3.05, 3.63) is 57.2 Å². The molecule has 2 rings (SSSR count). The largest absolute Gasteiger partial charge is 0.464 e. The van der Waals surface area contributed by atoms with Gasteiger partial charge in [-0.05, 0) is 59.3 Å². The molecule has 0 aliphatic rings. The van der Waals surface area contributed by atoms with Crippen molar-refractivity contribution in [1.29, 1.82) is 0 Å². The molecule has 0 aliphatic heterocycles. The lowest BCUT2D eigenvalue weighted by Gasteiger charge is -2.18. The van der Waals surface area contributed by atoms with Crippen LogP contribution in [0.1, 0.15) is 18.7 Å². The maximum atomic E-state index is 12.2. The van der Waals surface area contributed by atoms with E-state index in [4.69, 9.17) is 4.74 Å². The van der Waals surface area contributed by atoms with Crippen LogP contribution in [-0.2, 0) is 9.53 Å². The fourth-order valence-corrected chi connectivity index (χ4v) is 2.25. The molecule has 1 aromatic carbocycles. The smallest absolute Gasteiger partial charge is 0.334 e. The number of nitrogens with zero attached hydrogens (tertiary/aromatic N) is 1. The Morgan fingerprint density at radius 3 is 2.43 bits per heavy atom. The number of benzene rings is 1. The summed E-state index contributed by atoms with van der Waals surface area (Å²) in [6.45, 7) is 2.11. The number of halogens is 2. The standard InChI is InChI=1S/C15H14Br2N2O2/c1-2-21-15(20)14(13-8-5-11(17)9-18-13)19-12-6-3-10(16)4-7-12/h3-9,14,19H,2H2,1H3. The summed E-state index contributed by atoms with van der Waals surface area (Å²) in [4.78, 5) is 16.4. The van der Waals surface area contributed by atoms with Crippen LogP contribution in [-0.4, -0.2) is 17.6 Å². The van der Waals surface area contributed by atoms with Crippen molar-refractivity contribution in [2.75, 3.05) is 11.9 Å². The highest BCUT2D eigenvalue weighted by molar-refractivity contribution is 9.10. The van der Waals surface area contributed by atoms with Gasteiger partial charge in [-0.2, -0.15) is 0 Å². The third kappa shape index (κ3) is 4.54. The van der Waals surface area contributed by atoms with E-state index >= 15 is 0 Å². The Hall–Kier alpha value is -1.40. The van der Waals surface area contributed by atoms with Gasteiger partial charge in [-0.1, -0.05) is 15.9 Å². The number of carbonyl (C=O) groups is 1. The molecule has 0 bridgehead atoms. The summed E-state index contributed by atoms with van der Waals surface area (Å²) in [5.74, 6) is -0.352. The van der Waals surface area contributed by atoms with Gasteiger partial charge in [0.05, 0.1) is 12.3 Å². The molecule has 0 fully saturated rings. The minimum absolute atomic E-state index is 0.327. The van der Waals surface area contributed by atoms with Gasteiger partial charge in [0.25, 0.3) is 0 Å². The maximum Gasteiger partial charge on any atom is 0.334 e. The molecular formula is C15H14Br2N2O2. The maximum absolute atomic E-state index is 12.2. The van der Waals surface area contributed by atoms with Gasteiger partial charge in [0.2, 0.25) is 0 Å². The summed E-state index contributed by atoms with van der Waals surface area (Å²) in [5.41, 5.74) is 1.43. The van der Waals surface area contributed by atoms with E-state index in [0.717, 1.165) is 14.6 Å². The highest BCUT2D eigenvalue weighted by Crippen LogP contribution is 2.22. The number of rotatable bonds is 5. The Balaban J connectivity index is 2.25. The molecule has 6 heteroatoms. The highest BCUT2D eigenvalue weighted by Gasteiger charge is 2.23. The van der Waals surface area contributed by atoms with E-state index in [2.05, 4.69) is 42.2 Å². The average molecular weight is 414 g/mol. The zero-order chi connectivity index (χ0) is 15.2. The Kier molecular flexibility index (Phi) is 5.76. The van der Waals surface area contributed by atoms with Crippen LogP contribution in [0.3, 0.4) is 0 Å². The Morgan fingerprint density at radius 2 is 1.86 bits per heavy atom. The van der Waals surface area contributed by atoms with Crippen LogP contribution in [0.15, 0.2) is 51.5 Å². The molecular weight excluding hydrogens is 400 g/mol. The predicted molar refractivity (Wildman–Crippen MR) is 89.1 cm³/mol. The molecule has 2 aromatic rings. The van der Waals surface area contributed by atoms with Crippen molar-refractivity contribution in [3.8, 4) is 0 Å². The molecule has 1 atom stereocenters. The minimum atomic E-state index is -0.640. The summed E-state index contributed by atoms with van der Waals surface area (Å²) < 4.78 is 6.96. The van der Waals surface area contributed by atoms with E-state index < -0.39 is 6.04 Å². The Bertz CT molecular complexity index is 600. The first-order valence-electron chi connectivity index (χ1n) is 6.40. The molecule has 0 saturated carbocycles. The van der Waals surface area contributed by atoms with Crippen LogP contribution >= 0.6 is 31.9 Å². The molecule has 0 saturated heterocycles. The third-order valence-corrected chi connectivity index (χ3v) is 3.72. The first kappa shape index (κ1) is 16.0. The molecule has 21 heavy (non-hydrogen) atoms. The lowest BCUT2D eigenvalue weighted by Crippen LogP contribution is -2.24. The van der Waals surface area contributed by atoms with Crippen molar-refractivity contribution >= 4 is 43.5 Å². The number of hydrogen-bond acceptors (Lipinski definition) is 4. The van der Waals surface area contributed by atoms with Gasteiger partial charge in [0.15, 0.2) is 6.04 Å². The van der Waals surface area contributed by atoms with Gasteiger partial charge in [-0.3, -0.25) is 4.98 Å². The second kappa shape index (κ2) is 7.56. The second-order valence-corrected chi connectivity index (χ2v) is 6.07. The van der Waals surface area contributed by atoms with E-state index in [0.29, 0.717) is 12.3 Å². The average Bonchev–Trinajstić information content (AvgIpc) is 2.48. The lowest BCUT2D eigenvalue weighted by atomic mass is 10.1. The first-order valence-corrected chi connectivity index (χ1v) is 7.99. The minimum Gasteiger partial charge on any atom is -0.464 e. The molecule has 1 N–H and O–H groups in total. The van der Waals surface area contributed by atoms with Gasteiger partial charge < -0.3 is 10.1 Å². The Labute approximate surface area is 140 Å². The van der Waals surface area contributed by atoms with Gasteiger partial charge in [-0.15, -0.1) is 0 Å². The molecule has 1 unspecified atom stereocenters. The summed E-state index contributed by atoms with van der Waals surface area (Å²) in [5, 5.41) is 3.15. The van der Waals surface area contributed by atoms with Gasteiger partial charge >= 0.3 is 5.97 Å². The molecule has 0 aliphatic carbocycles. The SMILES string of the molecule is CCOC(=O)C(Nc1ccc(Br)cc1)c1ccc(Br)cn1. The van der Waals surface area contributed by atoms with Gasteiger partial charge in [0, 0.05) is 20.8 Å². The molecule has 0 amide bonds. The van der Waals surface area contributed by atoms with Crippen LogP contribution in [0.4, 0.5) is 5.69 Å². The molecule has 0 spiro atoms. The zero-order valence-corrected chi connectivity index (χ0v) is 14.5. The van der Waals surface area contributed by atoms with Crippen LogP contribution in [0.2, 0.25) is 0 Å². The van der Waals surface area contributed by atoms with Crippen molar-refractivity contribution < 1.29 is 9.53 Å². The summed E-state index contributed by atoms with van der Waals surface area (Å²) in [6.07, 6.45) is 1.66. The number of carbonyl (C=O) groups excluding carboxylic acids is 1. The first-order chi connectivity index (χ1) is 10.1. The summed E-state index contributed by atoms with van der Waals surface area (Å²) in [7, 11) is 0. The Morgan fingerprint density at radius 1 is 1.19 bits per heavy atom. The normalized spacial score (nSPS) is 11.8. The van der Waals surface area contributed by atoms with E-state index in [1.54, 1.807) is 19.2 Å².